The third-order valence-electron chi connectivity index (χ3n) is 8.41. The zero-order valence-electron chi connectivity index (χ0n) is 22.6. The lowest BCUT2D eigenvalue weighted by Crippen LogP contribution is -1.97. The summed E-state index contributed by atoms with van der Waals surface area (Å²) >= 11 is 3.60. The van der Waals surface area contributed by atoms with E-state index >= 15 is 0 Å². The third kappa shape index (κ3) is 3.50. The Morgan fingerprint density at radius 3 is 1.70 bits per heavy atom. The van der Waals surface area contributed by atoms with Gasteiger partial charge in [0.25, 0.3) is 0 Å². The summed E-state index contributed by atoms with van der Waals surface area (Å²) in [5.41, 5.74) is 6.76. The van der Waals surface area contributed by atoms with E-state index in [-0.39, 0.29) is 0 Å². The number of hydrogen-bond acceptors (Lipinski definition) is 2. The van der Waals surface area contributed by atoms with Gasteiger partial charge in [-0.1, -0.05) is 60.7 Å². The molecule has 0 bridgehead atoms. The minimum atomic E-state index is 0.622. The number of hydrogen-bond donors (Lipinski definition) is 0. The second kappa shape index (κ2) is 9.02. The predicted molar refractivity (Wildman–Crippen MR) is 185 cm³/mol. The first-order valence-corrected chi connectivity index (χ1v) is 15.5. The van der Waals surface area contributed by atoms with Crippen molar-refractivity contribution in [2.75, 3.05) is 0 Å². The molecule has 0 fully saturated rings. The smallest absolute Gasteiger partial charge is 0.188 e. The maximum absolute atomic E-state index is 7.78. The number of fused-ring (bicyclic) bond motifs is 9. The molecule has 0 saturated carbocycles. The fraction of sp³-hybridized carbons (Fsp3) is 0. The van der Waals surface area contributed by atoms with E-state index < -0.39 is 0 Å². The van der Waals surface area contributed by atoms with Gasteiger partial charge in [-0.2, -0.15) is 0 Å². The molecule has 6 aromatic carbocycles. The first kappa shape index (κ1) is 24.2. The van der Waals surface area contributed by atoms with Crippen LogP contribution < -0.4 is 0 Å². The largest absolute Gasteiger partial charge is 0.309 e. The molecule has 43 heavy (non-hydrogen) atoms. The summed E-state index contributed by atoms with van der Waals surface area (Å²) in [5, 5.41) is 7.20. The Bertz CT molecular complexity index is 2650. The van der Waals surface area contributed by atoms with Crippen molar-refractivity contribution in [3.63, 3.8) is 0 Å². The summed E-state index contributed by atoms with van der Waals surface area (Å²) in [6, 6.07) is 40.4. The number of para-hydroxylation sites is 2. The van der Waals surface area contributed by atoms with E-state index in [0.29, 0.717) is 11.4 Å². The van der Waals surface area contributed by atoms with E-state index in [4.69, 9.17) is 13.1 Å². The molecule has 0 amide bonds. The Balaban J connectivity index is 1.32. The van der Waals surface area contributed by atoms with Gasteiger partial charge >= 0.3 is 0 Å². The molecule has 3 nitrogen and oxygen atoms in total. The molecule has 0 spiro atoms. The van der Waals surface area contributed by atoms with E-state index in [2.05, 4.69) is 105 Å². The first-order valence-electron chi connectivity index (χ1n) is 13.9. The van der Waals surface area contributed by atoms with Gasteiger partial charge < -0.3 is 4.57 Å². The Morgan fingerprint density at radius 2 is 1.02 bits per heavy atom. The highest BCUT2D eigenvalue weighted by molar-refractivity contribution is 7.28. The molecule has 0 aliphatic rings. The maximum atomic E-state index is 7.78. The van der Waals surface area contributed by atoms with Crippen LogP contribution in [0.1, 0.15) is 0 Å². The summed E-state index contributed by atoms with van der Waals surface area (Å²) in [6.45, 7) is 15.3. The number of benzene rings is 6. The second-order valence-electron chi connectivity index (χ2n) is 10.7. The normalized spacial score (nSPS) is 11.7. The lowest BCUT2D eigenvalue weighted by atomic mass is 9.99. The van der Waals surface area contributed by atoms with Crippen LogP contribution in [0.5, 0.6) is 0 Å². The van der Waals surface area contributed by atoms with Gasteiger partial charge in [0.15, 0.2) is 11.4 Å². The molecule has 3 heterocycles. The van der Waals surface area contributed by atoms with E-state index in [0.717, 1.165) is 33.2 Å². The van der Waals surface area contributed by atoms with Crippen LogP contribution in [0.3, 0.4) is 0 Å². The summed E-state index contributed by atoms with van der Waals surface area (Å²) in [7, 11) is 0. The summed E-state index contributed by atoms with van der Waals surface area (Å²) in [6.07, 6.45) is 0. The molecule has 9 aromatic rings. The zero-order valence-corrected chi connectivity index (χ0v) is 24.3. The number of rotatable bonds is 2. The van der Waals surface area contributed by atoms with Crippen molar-refractivity contribution in [3.05, 3.63) is 138 Å². The quantitative estimate of drug-likeness (QED) is 0.180. The number of aromatic nitrogens is 1. The molecular formula is C38H19N3S2. The van der Waals surface area contributed by atoms with E-state index in [1.165, 1.54) is 45.7 Å². The van der Waals surface area contributed by atoms with Gasteiger partial charge in [0.05, 0.1) is 29.9 Å². The Kier molecular flexibility index (Phi) is 5.07. The molecule has 0 saturated heterocycles. The third-order valence-corrected chi connectivity index (χ3v) is 10.7. The number of nitrogens with zero attached hydrogens (tertiary/aromatic N) is 3. The van der Waals surface area contributed by atoms with Gasteiger partial charge in [-0.3, -0.25) is 0 Å². The highest BCUT2D eigenvalue weighted by atomic mass is 32.1. The van der Waals surface area contributed by atoms with Crippen LogP contribution in [-0.2, 0) is 0 Å². The van der Waals surface area contributed by atoms with Gasteiger partial charge in [0.2, 0.25) is 0 Å². The lowest BCUT2D eigenvalue weighted by Gasteiger charge is -2.15. The van der Waals surface area contributed by atoms with Crippen LogP contribution in [0, 0.1) is 13.1 Å². The van der Waals surface area contributed by atoms with Crippen LogP contribution >= 0.6 is 22.7 Å². The topological polar surface area (TPSA) is 13.6 Å². The van der Waals surface area contributed by atoms with Crippen molar-refractivity contribution in [2.45, 2.75) is 0 Å². The van der Waals surface area contributed by atoms with Crippen LogP contribution in [0.4, 0.5) is 11.4 Å². The lowest BCUT2D eigenvalue weighted by molar-refractivity contribution is 1.18. The SMILES string of the molecule is [C-]#[N+]c1ccc(-n2c3ccccc3c3ccccc32)c(-c2ccc3sc4cc5sc6ccc([N+]#[C-])cc6c5cc4c3c2)c1. The van der Waals surface area contributed by atoms with Crippen molar-refractivity contribution >= 4 is 96.2 Å². The number of thiophene rings is 2. The first-order chi connectivity index (χ1) is 21.2. The van der Waals surface area contributed by atoms with Gasteiger partial charge in [-0.15, -0.1) is 22.7 Å². The summed E-state index contributed by atoms with van der Waals surface area (Å²) in [4.78, 5) is 7.47. The van der Waals surface area contributed by atoms with Crippen molar-refractivity contribution in [3.8, 4) is 16.8 Å². The average Bonchev–Trinajstić information content (AvgIpc) is 3.71. The molecule has 9 rings (SSSR count). The zero-order chi connectivity index (χ0) is 28.7. The van der Waals surface area contributed by atoms with Crippen molar-refractivity contribution in [2.24, 2.45) is 0 Å². The second-order valence-corrected chi connectivity index (χ2v) is 12.9. The Labute approximate surface area is 254 Å². The molecule has 0 radical (unpaired) electrons. The summed E-state index contributed by atoms with van der Waals surface area (Å²) in [5.74, 6) is 0. The van der Waals surface area contributed by atoms with E-state index in [1.807, 2.05) is 35.6 Å². The van der Waals surface area contributed by atoms with Crippen LogP contribution in [0.15, 0.2) is 115 Å². The molecule has 5 heteroatoms. The average molecular weight is 582 g/mol. The van der Waals surface area contributed by atoms with Gasteiger partial charge in [-0.25, -0.2) is 9.69 Å². The van der Waals surface area contributed by atoms with Gasteiger partial charge in [0.1, 0.15) is 0 Å². The molecule has 0 N–H and O–H groups in total. The fourth-order valence-corrected chi connectivity index (χ4v) is 8.76. The highest BCUT2D eigenvalue weighted by Gasteiger charge is 2.17. The molecule has 3 aromatic heterocycles. The van der Waals surface area contributed by atoms with E-state index in [9.17, 15) is 0 Å². The van der Waals surface area contributed by atoms with Crippen LogP contribution in [-0.4, -0.2) is 4.57 Å². The molecule has 0 aliphatic carbocycles. The Hall–Kier alpha value is -5.46. The standard InChI is InChI=1S/C38H19N3S2/c1-39-23-12-14-34(41-32-9-5-3-7-25(32)26-8-4-6-10-33(26)41)27(18-23)22-11-15-35-28(17-22)30-20-31-29-19-24(40-2)13-16-36(29)43-38(31)21-37(30)42-35/h3-21H. The Morgan fingerprint density at radius 1 is 0.465 bits per heavy atom. The maximum Gasteiger partial charge on any atom is 0.188 e. The molecule has 0 unspecified atom stereocenters. The summed E-state index contributed by atoms with van der Waals surface area (Å²) < 4.78 is 7.28. The predicted octanol–water partition coefficient (Wildman–Crippen LogP) is 12.3. The van der Waals surface area contributed by atoms with Crippen molar-refractivity contribution < 1.29 is 0 Å². The fourth-order valence-electron chi connectivity index (χ4n) is 6.47. The van der Waals surface area contributed by atoms with Crippen LogP contribution in [0.25, 0.3) is 88.7 Å². The molecular weight excluding hydrogens is 563 g/mol. The monoisotopic (exact) mass is 581 g/mol. The molecule has 0 atom stereocenters. The highest BCUT2D eigenvalue weighted by Crippen LogP contribution is 2.44. The van der Waals surface area contributed by atoms with Gasteiger partial charge in [0, 0.05) is 40.3 Å². The minimum Gasteiger partial charge on any atom is -0.309 e. The van der Waals surface area contributed by atoms with Crippen LogP contribution in [0.2, 0.25) is 0 Å². The van der Waals surface area contributed by atoms with Gasteiger partial charge in [-0.05, 0) is 76.5 Å². The molecule has 198 valence electrons. The van der Waals surface area contributed by atoms with Crippen molar-refractivity contribution in [1.82, 2.24) is 4.57 Å². The molecule has 0 aliphatic heterocycles. The minimum absolute atomic E-state index is 0.622. The van der Waals surface area contributed by atoms with E-state index in [1.54, 1.807) is 11.3 Å². The van der Waals surface area contributed by atoms with Crippen molar-refractivity contribution in [1.29, 1.82) is 0 Å².